The van der Waals surface area contributed by atoms with E-state index in [1.54, 1.807) is 0 Å². The Hall–Kier alpha value is -0.180. The van der Waals surface area contributed by atoms with Crippen LogP contribution >= 0.6 is 7.60 Å². The van der Waals surface area contributed by atoms with Gasteiger partial charge in [0, 0.05) is 5.41 Å². The van der Waals surface area contributed by atoms with E-state index in [2.05, 4.69) is 0 Å². The first kappa shape index (κ1) is 13.9. The number of hydrogen-bond acceptors (Lipinski definition) is 2. The van der Waals surface area contributed by atoms with Crippen LogP contribution in [0.5, 0.6) is 0 Å². The molecule has 1 aliphatic rings. The molecule has 0 radical (unpaired) electrons. The first-order valence-corrected chi connectivity index (χ1v) is 7.61. The third kappa shape index (κ3) is 3.69. The SMILES string of the molecule is CC(C)(C(=O)CP(=O)(O)O)C1CCCCC1. The molecule has 0 atom stereocenters. The van der Waals surface area contributed by atoms with Crippen LogP contribution < -0.4 is 0 Å². The summed E-state index contributed by atoms with van der Waals surface area (Å²) in [5.74, 6) is -0.0203. The van der Waals surface area contributed by atoms with E-state index in [1.807, 2.05) is 13.8 Å². The summed E-state index contributed by atoms with van der Waals surface area (Å²) in [4.78, 5) is 29.6. The molecule has 0 aromatic rings. The zero-order chi connectivity index (χ0) is 12.4. The minimum absolute atomic E-state index is 0.278. The van der Waals surface area contributed by atoms with Gasteiger partial charge in [0.15, 0.2) is 5.78 Å². The molecule has 0 bridgehead atoms. The topological polar surface area (TPSA) is 74.6 Å². The Labute approximate surface area is 96.6 Å². The fraction of sp³-hybridized carbons (Fsp3) is 0.909. The smallest absolute Gasteiger partial charge is 0.324 e. The van der Waals surface area contributed by atoms with E-state index in [-0.39, 0.29) is 11.7 Å². The highest BCUT2D eigenvalue weighted by atomic mass is 31.2. The molecule has 0 aromatic carbocycles. The van der Waals surface area contributed by atoms with Crippen molar-refractivity contribution >= 4 is 13.4 Å². The van der Waals surface area contributed by atoms with Crippen LogP contribution in [-0.2, 0) is 9.36 Å². The van der Waals surface area contributed by atoms with Crippen molar-refractivity contribution in [2.75, 3.05) is 6.16 Å². The molecule has 0 spiro atoms. The van der Waals surface area contributed by atoms with Gasteiger partial charge < -0.3 is 9.79 Å². The van der Waals surface area contributed by atoms with Crippen molar-refractivity contribution in [3.05, 3.63) is 0 Å². The van der Waals surface area contributed by atoms with E-state index in [0.29, 0.717) is 0 Å². The third-order valence-electron chi connectivity index (χ3n) is 3.69. The highest BCUT2D eigenvalue weighted by Gasteiger charge is 2.39. The summed E-state index contributed by atoms with van der Waals surface area (Å²) >= 11 is 0. The molecule has 94 valence electrons. The van der Waals surface area contributed by atoms with Crippen molar-refractivity contribution in [3.8, 4) is 0 Å². The molecule has 0 saturated heterocycles. The van der Waals surface area contributed by atoms with E-state index in [9.17, 15) is 9.36 Å². The number of carbonyl (C=O) groups excluding carboxylic acids is 1. The second-order valence-corrected chi connectivity index (χ2v) is 6.95. The molecule has 1 rings (SSSR count). The molecule has 0 heterocycles. The molecule has 0 aromatic heterocycles. The first-order valence-electron chi connectivity index (χ1n) is 5.81. The van der Waals surface area contributed by atoms with Gasteiger partial charge in [-0.25, -0.2) is 0 Å². The zero-order valence-corrected chi connectivity index (χ0v) is 10.9. The maximum Gasteiger partial charge on any atom is 0.332 e. The van der Waals surface area contributed by atoms with Crippen molar-refractivity contribution in [1.29, 1.82) is 0 Å². The maximum absolute atomic E-state index is 11.9. The number of hydrogen-bond donors (Lipinski definition) is 2. The van der Waals surface area contributed by atoms with Crippen LogP contribution in [-0.4, -0.2) is 21.7 Å². The minimum Gasteiger partial charge on any atom is -0.324 e. The quantitative estimate of drug-likeness (QED) is 0.749. The lowest BCUT2D eigenvalue weighted by Gasteiger charge is -2.35. The summed E-state index contributed by atoms with van der Waals surface area (Å²) in [6, 6.07) is 0. The van der Waals surface area contributed by atoms with Gasteiger partial charge in [0.1, 0.15) is 6.16 Å². The fourth-order valence-corrected chi connectivity index (χ4v) is 3.22. The first-order chi connectivity index (χ1) is 7.23. The molecular formula is C11H21O4P. The standard InChI is InChI=1S/C11H21O4P/c1-11(2,9-6-4-3-5-7-9)10(12)8-16(13,14)15/h9H,3-8H2,1-2H3,(H2,13,14,15). The van der Waals surface area contributed by atoms with Crippen LogP contribution in [0.2, 0.25) is 0 Å². The number of Topliss-reactive ketones (excluding diaryl/α,β-unsaturated/α-hetero) is 1. The van der Waals surface area contributed by atoms with Crippen molar-refractivity contribution in [3.63, 3.8) is 0 Å². The molecule has 2 N–H and O–H groups in total. The summed E-state index contributed by atoms with van der Waals surface area (Å²) in [5.41, 5.74) is -0.596. The van der Waals surface area contributed by atoms with Gasteiger partial charge >= 0.3 is 7.60 Å². The number of ketones is 1. The molecule has 1 saturated carbocycles. The summed E-state index contributed by atoms with van der Waals surface area (Å²) in [6.45, 7) is 3.64. The Kier molecular flexibility index (Phi) is 4.33. The Balaban J connectivity index is 2.67. The average Bonchev–Trinajstić information content (AvgIpc) is 2.16. The highest BCUT2D eigenvalue weighted by molar-refractivity contribution is 7.52. The highest BCUT2D eigenvalue weighted by Crippen LogP contribution is 2.43. The van der Waals surface area contributed by atoms with Gasteiger partial charge in [0.2, 0.25) is 0 Å². The Bertz CT molecular complexity index is 299. The monoisotopic (exact) mass is 248 g/mol. The van der Waals surface area contributed by atoms with Gasteiger partial charge in [0.25, 0.3) is 0 Å². The van der Waals surface area contributed by atoms with Crippen LogP contribution in [0, 0.1) is 11.3 Å². The molecule has 1 fully saturated rings. The average molecular weight is 248 g/mol. The summed E-state index contributed by atoms with van der Waals surface area (Å²) < 4.78 is 10.8. The summed E-state index contributed by atoms with van der Waals surface area (Å²) in [5, 5.41) is 0. The predicted molar refractivity (Wildman–Crippen MR) is 62.3 cm³/mol. The predicted octanol–water partition coefficient (Wildman–Crippen LogP) is 2.34. The van der Waals surface area contributed by atoms with Crippen LogP contribution in [0.3, 0.4) is 0 Å². The van der Waals surface area contributed by atoms with Gasteiger partial charge in [0.05, 0.1) is 0 Å². The van der Waals surface area contributed by atoms with Crippen LogP contribution in [0.1, 0.15) is 46.0 Å². The Morgan fingerprint density at radius 2 is 1.75 bits per heavy atom. The van der Waals surface area contributed by atoms with Gasteiger partial charge in [-0.1, -0.05) is 33.1 Å². The zero-order valence-electron chi connectivity index (χ0n) is 9.98. The van der Waals surface area contributed by atoms with Crippen molar-refractivity contribution in [2.45, 2.75) is 46.0 Å². The van der Waals surface area contributed by atoms with Gasteiger partial charge in [-0.15, -0.1) is 0 Å². The molecule has 5 heteroatoms. The summed E-state index contributed by atoms with van der Waals surface area (Å²) in [7, 11) is -4.22. The van der Waals surface area contributed by atoms with E-state index in [0.717, 1.165) is 25.7 Å². The van der Waals surface area contributed by atoms with E-state index in [1.165, 1.54) is 6.42 Å². The van der Waals surface area contributed by atoms with Crippen molar-refractivity contribution < 1.29 is 19.1 Å². The van der Waals surface area contributed by atoms with E-state index < -0.39 is 19.2 Å². The second kappa shape index (κ2) is 4.99. The molecule has 0 unspecified atom stereocenters. The molecule has 1 aliphatic carbocycles. The number of carbonyl (C=O) groups is 1. The van der Waals surface area contributed by atoms with Crippen LogP contribution in [0.15, 0.2) is 0 Å². The van der Waals surface area contributed by atoms with Crippen LogP contribution in [0.4, 0.5) is 0 Å². The maximum atomic E-state index is 11.9. The second-order valence-electron chi connectivity index (χ2n) is 5.30. The molecule has 0 aliphatic heterocycles. The molecule has 16 heavy (non-hydrogen) atoms. The summed E-state index contributed by atoms with van der Waals surface area (Å²) in [6.07, 6.45) is 4.84. The Morgan fingerprint density at radius 1 is 1.25 bits per heavy atom. The van der Waals surface area contributed by atoms with E-state index >= 15 is 0 Å². The lowest BCUT2D eigenvalue weighted by atomic mass is 9.69. The molecule has 0 amide bonds. The Morgan fingerprint density at radius 3 is 2.19 bits per heavy atom. The van der Waals surface area contributed by atoms with Crippen molar-refractivity contribution in [1.82, 2.24) is 0 Å². The number of rotatable bonds is 4. The normalized spacial score (nSPS) is 19.8. The lowest BCUT2D eigenvalue weighted by molar-refractivity contribution is -0.128. The van der Waals surface area contributed by atoms with Gasteiger partial charge in [-0.05, 0) is 18.8 Å². The van der Waals surface area contributed by atoms with Crippen molar-refractivity contribution in [2.24, 2.45) is 11.3 Å². The van der Waals surface area contributed by atoms with Gasteiger partial charge in [-0.3, -0.25) is 9.36 Å². The molecular weight excluding hydrogens is 227 g/mol. The largest absolute Gasteiger partial charge is 0.332 e. The lowest BCUT2D eigenvalue weighted by Crippen LogP contribution is -2.36. The minimum atomic E-state index is -4.22. The fourth-order valence-electron chi connectivity index (χ4n) is 2.44. The van der Waals surface area contributed by atoms with Gasteiger partial charge in [-0.2, -0.15) is 0 Å². The van der Waals surface area contributed by atoms with Crippen LogP contribution in [0.25, 0.3) is 0 Å². The third-order valence-corrected chi connectivity index (χ3v) is 4.39. The van der Waals surface area contributed by atoms with E-state index in [4.69, 9.17) is 9.79 Å². The molecule has 4 nitrogen and oxygen atoms in total.